The van der Waals surface area contributed by atoms with Crippen molar-refractivity contribution >= 4 is 29.0 Å². The van der Waals surface area contributed by atoms with Gasteiger partial charge in [0, 0.05) is 30.4 Å². The minimum absolute atomic E-state index is 0.129. The summed E-state index contributed by atoms with van der Waals surface area (Å²) in [6.07, 6.45) is 2.89. The second-order valence-corrected chi connectivity index (χ2v) is 6.16. The van der Waals surface area contributed by atoms with E-state index in [0.717, 1.165) is 11.3 Å². The number of carbonyl (C=O) groups is 2. The van der Waals surface area contributed by atoms with E-state index >= 15 is 0 Å². The summed E-state index contributed by atoms with van der Waals surface area (Å²) in [7, 11) is 1.59. The van der Waals surface area contributed by atoms with Crippen molar-refractivity contribution in [1.82, 2.24) is 15.3 Å². The van der Waals surface area contributed by atoms with Gasteiger partial charge in [-0.05, 0) is 30.3 Å². The normalized spacial score (nSPS) is 10.1. The average molecular weight is 391 g/mol. The van der Waals surface area contributed by atoms with Crippen LogP contribution in [0.2, 0.25) is 0 Å². The molecule has 148 valence electrons. The van der Waals surface area contributed by atoms with Gasteiger partial charge in [0.05, 0.1) is 19.5 Å². The SMILES string of the molecule is COc1ccccc1CNC(=O)c1cnc(Nc2ccc(NC(C)=O)cc2)cn1. The summed E-state index contributed by atoms with van der Waals surface area (Å²) >= 11 is 0. The van der Waals surface area contributed by atoms with Gasteiger partial charge in [0.15, 0.2) is 0 Å². The van der Waals surface area contributed by atoms with Crippen LogP contribution in [0.1, 0.15) is 23.0 Å². The maximum absolute atomic E-state index is 12.3. The van der Waals surface area contributed by atoms with Crippen molar-refractivity contribution in [3.63, 3.8) is 0 Å². The number of rotatable bonds is 7. The first-order chi connectivity index (χ1) is 14.0. The Balaban J connectivity index is 1.58. The van der Waals surface area contributed by atoms with Crippen LogP contribution < -0.4 is 20.7 Å². The number of benzene rings is 2. The van der Waals surface area contributed by atoms with Gasteiger partial charge in [-0.1, -0.05) is 18.2 Å². The molecular weight excluding hydrogens is 370 g/mol. The van der Waals surface area contributed by atoms with Crippen LogP contribution in [0.25, 0.3) is 0 Å². The molecule has 0 saturated heterocycles. The summed E-state index contributed by atoms with van der Waals surface area (Å²) < 4.78 is 5.27. The minimum Gasteiger partial charge on any atom is -0.496 e. The fraction of sp³-hybridized carbons (Fsp3) is 0.143. The highest BCUT2D eigenvalue weighted by molar-refractivity contribution is 5.92. The Kier molecular flexibility index (Phi) is 6.36. The zero-order chi connectivity index (χ0) is 20.6. The van der Waals surface area contributed by atoms with Crippen LogP contribution in [0.4, 0.5) is 17.2 Å². The zero-order valence-corrected chi connectivity index (χ0v) is 16.1. The number of nitrogens with one attached hydrogen (secondary N) is 3. The van der Waals surface area contributed by atoms with Crippen LogP contribution in [0.3, 0.4) is 0 Å². The van der Waals surface area contributed by atoms with Crippen LogP contribution in [0.15, 0.2) is 60.9 Å². The Labute approximate surface area is 168 Å². The van der Waals surface area contributed by atoms with E-state index in [1.807, 2.05) is 24.3 Å². The topological polar surface area (TPSA) is 105 Å². The summed E-state index contributed by atoms with van der Waals surface area (Å²) in [5.41, 5.74) is 2.57. The molecule has 1 heterocycles. The highest BCUT2D eigenvalue weighted by Crippen LogP contribution is 2.18. The van der Waals surface area contributed by atoms with Crippen molar-refractivity contribution in [2.45, 2.75) is 13.5 Å². The van der Waals surface area contributed by atoms with E-state index in [2.05, 4.69) is 25.9 Å². The maximum Gasteiger partial charge on any atom is 0.271 e. The Morgan fingerprint density at radius 1 is 0.966 bits per heavy atom. The van der Waals surface area contributed by atoms with Crippen molar-refractivity contribution in [1.29, 1.82) is 0 Å². The lowest BCUT2D eigenvalue weighted by Crippen LogP contribution is -2.24. The van der Waals surface area contributed by atoms with Crippen molar-refractivity contribution in [2.24, 2.45) is 0 Å². The number of ether oxygens (including phenoxy) is 1. The molecule has 2 aromatic carbocycles. The number of hydrogen-bond acceptors (Lipinski definition) is 6. The number of aromatic nitrogens is 2. The van der Waals surface area contributed by atoms with Crippen molar-refractivity contribution in [2.75, 3.05) is 17.7 Å². The highest BCUT2D eigenvalue weighted by atomic mass is 16.5. The Hall–Kier alpha value is -3.94. The molecule has 0 aliphatic rings. The molecule has 8 nitrogen and oxygen atoms in total. The molecule has 2 amide bonds. The molecule has 0 fully saturated rings. The second-order valence-electron chi connectivity index (χ2n) is 6.16. The molecule has 3 N–H and O–H groups in total. The predicted molar refractivity (Wildman–Crippen MR) is 110 cm³/mol. The standard InChI is InChI=1S/C21H21N5O3/c1-14(27)25-16-7-9-17(10-8-16)26-20-13-22-18(12-23-20)21(28)24-11-15-5-3-4-6-19(15)29-2/h3-10,12-13H,11H2,1-2H3,(H,23,26)(H,24,28)(H,25,27). The highest BCUT2D eigenvalue weighted by Gasteiger charge is 2.10. The summed E-state index contributed by atoms with van der Waals surface area (Å²) in [4.78, 5) is 31.7. The lowest BCUT2D eigenvalue weighted by molar-refractivity contribution is -0.114. The fourth-order valence-corrected chi connectivity index (χ4v) is 2.61. The van der Waals surface area contributed by atoms with E-state index in [1.165, 1.54) is 19.3 Å². The lowest BCUT2D eigenvalue weighted by atomic mass is 10.2. The van der Waals surface area contributed by atoms with E-state index < -0.39 is 0 Å². The van der Waals surface area contributed by atoms with E-state index in [-0.39, 0.29) is 17.5 Å². The smallest absolute Gasteiger partial charge is 0.271 e. The van der Waals surface area contributed by atoms with Crippen molar-refractivity contribution < 1.29 is 14.3 Å². The van der Waals surface area contributed by atoms with Gasteiger partial charge in [-0.25, -0.2) is 9.97 Å². The first kappa shape index (κ1) is 19.8. The van der Waals surface area contributed by atoms with Gasteiger partial charge in [0.1, 0.15) is 17.3 Å². The van der Waals surface area contributed by atoms with Crippen LogP contribution in [-0.4, -0.2) is 28.9 Å². The molecule has 0 bridgehead atoms. The number of amides is 2. The summed E-state index contributed by atoms with van der Waals surface area (Å²) in [6, 6.07) is 14.6. The van der Waals surface area contributed by atoms with Gasteiger partial charge < -0.3 is 20.7 Å². The fourth-order valence-electron chi connectivity index (χ4n) is 2.61. The number of nitrogens with zero attached hydrogens (tertiary/aromatic N) is 2. The molecule has 0 aliphatic heterocycles. The van der Waals surface area contributed by atoms with Crippen LogP contribution in [0, 0.1) is 0 Å². The zero-order valence-electron chi connectivity index (χ0n) is 16.1. The second kappa shape index (κ2) is 9.32. The first-order valence-electron chi connectivity index (χ1n) is 8.92. The molecule has 8 heteroatoms. The van der Waals surface area contributed by atoms with E-state index in [1.54, 1.807) is 31.4 Å². The molecule has 0 radical (unpaired) electrons. The van der Waals surface area contributed by atoms with E-state index in [0.29, 0.717) is 23.8 Å². The van der Waals surface area contributed by atoms with E-state index in [4.69, 9.17) is 4.74 Å². The number of methoxy groups -OCH3 is 1. The van der Waals surface area contributed by atoms with Gasteiger partial charge in [-0.3, -0.25) is 9.59 Å². The molecule has 3 aromatic rings. The summed E-state index contributed by atoms with van der Waals surface area (Å²) in [5.74, 6) is 0.757. The molecule has 0 spiro atoms. The van der Waals surface area contributed by atoms with Crippen molar-refractivity contribution in [3.05, 3.63) is 72.2 Å². The molecule has 0 saturated carbocycles. The first-order valence-corrected chi connectivity index (χ1v) is 8.92. The number of para-hydroxylation sites is 1. The third-order valence-corrected chi connectivity index (χ3v) is 3.99. The summed E-state index contributed by atoms with van der Waals surface area (Å²) in [5, 5.41) is 8.59. The third-order valence-electron chi connectivity index (χ3n) is 3.99. The van der Waals surface area contributed by atoms with Gasteiger partial charge in [0.25, 0.3) is 5.91 Å². The maximum atomic E-state index is 12.3. The monoisotopic (exact) mass is 391 g/mol. The Bertz CT molecular complexity index is 988. The molecule has 1 aromatic heterocycles. The number of carbonyl (C=O) groups excluding carboxylic acids is 2. The van der Waals surface area contributed by atoms with Crippen LogP contribution >= 0.6 is 0 Å². The van der Waals surface area contributed by atoms with Gasteiger partial charge >= 0.3 is 0 Å². The molecular formula is C21H21N5O3. The summed E-state index contributed by atoms with van der Waals surface area (Å²) in [6.45, 7) is 1.78. The third kappa shape index (κ3) is 5.52. The lowest BCUT2D eigenvalue weighted by Gasteiger charge is -2.10. The molecule has 0 unspecified atom stereocenters. The van der Waals surface area contributed by atoms with Crippen LogP contribution in [0.5, 0.6) is 5.75 Å². The molecule has 3 rings (SSSR count). The predicted octanol–water partition coefficient (Wildman–Crippen LogP) is 3.12. The Morgan fingerprint density at radius 3 is 2.34 bits per heavy atom. The molecule has 0 aliphatic carbocycles. The molecule has 29 heavy (non-hydrogen) atoms. The number of hydrogen-bond donors (Lipinski definition) is 3. The minimum atomic E-state index is -0.324. The Morgan fingerprint density at radius 2 is 1.69 bits per heavy atom. The van der Waals surface area contributed by atoms with Gasteiger partial charge in [-0.15, -0.1) is 0 Å². The largest absolute Gasteiger partial charge is 0.496 e. The van der Waals surface area contributed by atoms with Crippen molar-refractivity contribution in [3.8, 4) is 5.75 Å². The molecule has 0 atom stereocenters. The quantitative estimate of drug-likeness (QED) is 0.572. The van der Waals surface area contributed by atoms with Gasteiger partial charge in [-0.2, -0.15) is 0 Å². The van der Waals surface area contributed by atoms with E-state index in [9.17, 15) is 9.59 Å². The number of anilines is 3. The van der Waals surface area contributed by atoms with Crippen LogP contribution in [-0.2, 0) is 11.3 Å². The van der Waals surface area contributed by atoms with Gasteiger partial charge in [0.2, 0.25) is 5.91 Å². The average Bonchev–Trinajstić information content (AvgIpc) is 2.74.